The second-order valence-corrected chi connectivity index (χ2v) is 6.44. The van der Waals surface area contributed by atoms with Gasteiger partial charge in [-0.15, -0.1) is 0 Å². The van der Waals surface area contributed by atoms with Crippen molar-refractivity contribution >= 4 is 22.0 Å². The molecular formula is C13H19BrN2O3. The Morgan fingerprint density at radius 1 is 1.47 bits per heavy atom. The second-order valence-electron chi connectivity index (χ2n) is 5.66. The van der Waals surface area contributed by atoms with Crippen LogP contribution in [0.25, 0.3) is 0 Å². The van der Waals surface area contributed by atoms with E-state index in [9.17, 15) is 4.79 Å². The predicted molar refractivity (Wildman–Crippen MR) is 75.2 cm³/mol. The minimum absolute atomic E-state index is 0.0205. The number of carbonyl (C=O) groups excluding carboxylic acids is 1. The fourth-order valence-corrected chi connectivity index (χ4v) is 2.43. The van der Waals surface area contributed by atoms with Crippen LogP contribution >= 0.6 is 15.9 Å². The highest BCUT2D eigenvalue weighted by molar-refractivity contribution is 9.10. The molecule has 5 nitrogen and oxygen atoms in total. The molecule has 6 heteroatoms. The minimum atomic E-state index is -0.487. The molecule has 2 N–H and O–H groups in total. The van der Waals surface area contributed by atoms with Crippen molar-refractivity contribution in [2.75, 3.05) is 13.1 Å². The number of hydrogen-bond donors (Lipinski definition) is 2. The smallest absolute Gasteiger partial charge is 0.407 e. The number of furan rings is 1. The highest BCUT2D eigenvalue weighted by atomic mass is 79.9. The zero-order valence-electron chi connectivity index (χ0n) is 11.3. The lowest BCUT2D eigenvalue weighted by atomic mass is 10.0. The lowest BCUT2D eigenvalue weighted by molar-refractivity contribution is 0.0503. The summed E-state index contributed by atoms with van der Waals surface area (Å²) in [6.45, 7) is 7.03. The van der Waals surface area contributed by atoms with E-state index in [1.165, 1.54) is 0 Å². The Kier molecular flexibility index (Phi) is 4.20. The topological polar surface area (TPSA) is 63.5 Å². The Hall–Kier alpha value is -1.01. The standard InChI is InChI=1S/C13H19BrN2O3/c1-13(2,3)19-12(17)16-9-7-15-6-8(9)10-4-5-11(14)18-10/h4-5,8-9,15H,6-7H2,1-3H3,(H,16,17)/t8-,9-/m1/s1. The van der Waals surface area contributed by atoms with Crippen molar-refractivity contribution in [3.8, 4) is 0 Å². The van der Waals surface area contributed by atoms with Gasteiger partial charge in [-0.25, -0.2) is 4.79 Å². The molecule has 2 heterocycles. The molecule has 0 bridgehead atoms. The van der Waals surface area contributed by atoms with Crippen LogP contribution in [0.3, 0.4) is 0 Å². The first-order valence-corrected chi connectivity index (χ1v) is 7.10. The molecule has 1 aromatic heterocycles. The van der Waals surface area contributed by atoms with Crippen LogP contribution in [0, 0.1) is 0 Å². The van der Waals surface area contributed by atoms with Crippen molar-refractivity contribution in [1.82, 2.24) is 10.6 Å². The Labute approximate surface area is 121 Å². The fraction of sp³-hybridized carbons (Fsp3) is 0.615. The molecule has 0 radical (unpaired) electrons. The number of halogens is 1. The molecule has 2 rings (SSSR count). The number of amides is 1. The summed E-state index contributed by atoms with van der Waals surface area (Å²) in [5.41, 5.74) is -0.487. The van der Waals surface area contributed by atoms with Crippen LogP contribution in [-0.2, 0) is 4.74 Å². The molecule has 19 heavy (non-hydrogen) atoms. The number of alkyl carbamates (subject to hydrolysis) is 1. The van der Waals surface area contributed by atoms with Crippen LogP contribution in [0.1, 0.15) is 32.4 Å². The third kappa shape index (κ3) is 3.98. The van der Waals surface area contributed by atoms with Crippen LogP contribution < -0.4 is 10.6 Å². The first-order chi connectivity index (χ1) is 8.85. The molecule has 1 fully saturated rings. The molecule has 1 aliphatic rings. The van der Waals surface area contributed by atoms with Gasteiger partial charge in [-0.3, -0.25) is 0 Å². The van der Waals surface area contributed by atoms with Gasteiger partial charge in [0.2, 0.25) is 0 Å². The number of carbonyl (C=O) groups is 1. The van der Waals surface area contributed by atoms with Crippen molar-refractivity contribution in [2.45, 2.75) is 38.3 Å². The number of nitrogens with one attached hydrogen (secondary N) is 2. The molecule has 0 unspecified atom stereocenters. The lowest BCUT2D eigenvalue weighted by Gasteiger charge is -2.23. The molecule has 1 saturated heterocycles. The normalized spacial score (nSPS) is 23.4. The zero-order chi connectivity index (χ0) is 14.0. The summed E-state index contributed by atoms with van der Waals surface area (Å²) in [4.78, 5) is 11.8. The molecule has 1 amide bonds. The SMILES string of the molecule is CC(C)(C)OC(=O)N[C@@H]1CNC[C@H]1c1ccc(Br)o1. The van der Waals surface area contributed by atoms with Crippen LogP contribution in [0.15, 0.2) is 21.2 Å². The lowest BCUT2D eigenvalue weighted by Crippen LogP contribution is -2.42. The molecule has 0 aromatic carbocycles. The van der Waals surface area contributed by atoms with E-state index in [4.69, 9.17) is 9.15 Å². The molecule has 2 atom stereocenters. The minimum Gasteiger partial charge on any atom is -0.454 e. The van der Waals surface area contributed by atoms with E-state index < -0.39 is 11.7 Å². The summed E-state index contributed by atoms with van der Waals surface area (Å²) < 4.78 is 11.5. The molecule has 0 spiro atoms. The average Bonchev–Trinajstić information content (AvgIpc) is 2.83. The maximum absolute atomic E-state index is 11.8. The van der Waals surface area contributed by atoms with Crippen LogP contribution in [-0.4, -0.2) is 30.8 Å². The van der Waals surface area contributed by atoms with E-state index in [0.717, 1.165) is 12.3 Å². The van der Waals surface area contributed by atoms with Gasteiger partial charge in [0.05, 0.1) is 12.0 Å². The highest BCUT2D eigenvalue weighted by Crippen LogP contribution is 2.27. The summed E-state index contributed by atoms with van der Waals surface area (Å²) in [6, 6.07) is 3.76. The van der Waals surface area contributed by atoms with Crippen molar-refractivity contribution in [1.29, 1.82) is 0 Å². The van der Waals surface area contributed by atoms with E-state index in [-0.39, 0.29) is 12.0 Å². The monoisotopic (exact) mass is 330 g/mol. The Morgan fingerprint density at radius 2 is 2.21 bits per heavy atom. The van der Waals surface area contributed by atoms with Gasteiger partial charge in [0.25, 0.3) is 0 Å². The van der Waals surface area contributed by atoms with Crippen molar-refractivity contribution < 1.29 is 13.9 Å². The Balaban J connectivity index is 1.98. The maximum Gasteiger partial charge on any atom is 0.407 e. The van der Waals surface area contributed by atoms with Crippen LogP contribution in [0.2, 0.25) is 0 Å². The van der Waals surface area contributed by atoms with E-state index in [2.05, 4.69) is 26.6 Å². The average molecular weight is 331 g/mol. The molecule has 0 saturated carbocycles. The van der Waals surface area contributed by atoms with Gasteiger partial charge in [0.15, 0.2) is 4.67 Å². The first-order valence-electron chi connectivity index (χ1n) is 6.30. The van der Waals surface area contributed by atoms with Gasteiger partial charge in [0.1, 0.15) is 11.4 Å². The van der Waals surface area contributed by atoms with Gasteiger partial charge < -0.3 is 19.8 Å². The summed E-state index contributed by atoms with van der Waals surface area (Å²) >= 11 is 3.29. The van der Waals surface area contributed by atoms with Gasteiger partial charge in [-0.2, -0.15) is 0 Å². The van der Waals surface area contributed by atoms with Crippen molar-refractivity contribution in [2.24, 2.45) is 0 Å². The second kappa shape index (κ2) is 5.54. The highest BCUT2D eigenvalue weighted by Gasteiger charge is 2.33. The van der Waals surface area contributed by atoms with Crippen LogP contribution in [0.5, 0.6) is 0 Å². The quantitative estimate of drug-likeness (QED) is 0.874. The molecular weight excluding hydrogens is 312 g/mol. The summed E-state index contributed by atoms with van der Waals surface area (Å²) in [6.07, 6.45) is -0.392. The predicted octanol–water partition coefficient (Wildman–Crippen LogP) is 2.62. The Morgan fingerprint density at radius 3 is 2.79 bits per heavy atom. The third-order valence-electron chi connectivity index (χ3n) is 2.88. The molecule has 1 aliphatic heterocycles. The Bertz CT molecular complexity index is 453. The van der Waals surface area contributed by atoms with Crippen molar-refractivity contribution in [3.63, 3.8) is 0 Å². The van der Waals surface area contributed by atoms with E-state index in [0.29, 0.717) is 11.2 Å². The number of ether oxygens (including phenoxy) is 1. The molecule has 1 aromatic rings. The number of rotatable bonds is 2. The fourth-order valence-electron chi connectivity index (χ4n) is 2.12. The van der Waals surface area contributed by atoms with Gasteiger partial charge in [0, 0.05) is 13.1 Å². The van der Waals surface area contributed by atoms with E-state index >= 15 is 0 Å². The molecule has 0 aliphatic carbocycles. The van der Waals surface area contributed by atoms with Crippen LogP contribution in [0.4, 0.5) is 4.79 Å². The zero-order valence-corrected chi connectivity index (χ0v) is 12.9. The largest absolute Gasteiger partial charge is 0.454 e. The van der Waals surface area contributed by atoms with Gasteiger partial charge in [-0.05, 0) is 48.8 Å². The van der Waals surface area contributed by atoms with Crippen molar-refractivity contribution in [3.05, 3.63) is 22.6 Å². The van der Waals surface area contributed by atoms with E-state index in [1.54, 1.807) is 0 Å². The summed E-state index contributed by atoms with van der Waals surface area (Å²) in [5, 5.41) is 6.15. The summed E-state index contributed by atoms with van der Waals surface area (Å²) in [5.74, 6) is 0.983. The van der Waals surface area contributed by atoms with Gasteiger partial charge in [-0.1, -0.05) is 0 Å². The molecule has 106 valence electrons. The van der Waals surface area contributed by atoms with E-state index in [1.807, 2.05) is 32.9 Å². The summed E-state index contributed by atoms with van der Waals surface area (Å²) in [7, 11) is 0. The third-order valence-corrected chi connectivity index (χ3v) is 3.30. The maximum atomic E-state index is 11.8. The van der Waals surface area contributed by atoms with Gasteiger partial charge >= 0.3 is 6.09 Å². The first kappa shape index (κ1) is 14.4. The number of hydrogen-bond acceptors (Lipinski definition) is 4.